The molecule has 0 radical (unpaired) electrons. The molecule has 0 aliphatic heterocycles. The van der Waals surface area contributed by atoms with Crippen LogP contribution >= 0.6 is 27.7 Å². The number of thioether (sulfide) groups is 1. The molecule has 0 fully saturated rings. The number of carbonyl (C=O) groups is 1. The van der Waals surface area contributed by atoms with Crippen LogP contribution in [0, 0.1) is 0 Å². The van der Waals surface area contributed by atoms with E-state index in [9.17, 15) is 4.79 Å². The minimum atomic E-state index is -0.326. The van der Waals surface area contributed by atoms with Gasteiger partial charge in [0.15, 0.2) is 5.76 Å². The second kappa shape index (κ2) is 8.22. The van der Waals surface area contributed by atoms with Crippen LogP contribution in [0.1, 0.15) is 16.3 Å². The summed E-state index contributed by atoms with van der Waals surface area (Å²) in [6, 6.07) is 14.5. The van der Waals surface area contributed by atoms with E-state index in [1.165, 1.54) is 0 Å². The van der Waals surface area contributed by atoms with Crippen molar-refractivity contribution in [2.75, 3.05) is 11.6 Å². The Morgan fingerprint density at radius 1 is 1.28 bits per heavy atom. The van der Waals surface area contributed by atoms with Gasteiger partial charge in [-0.05, 0) is 48.7 Å². The second-order valence-corrected chi connectivity index (χ2v) is 6.80. The van der Waals surface area contributed by atoms with Gasteiger partial charge in [-0.3, -0.25) is 4.79 Å². The number of benzene rings is 1. The topological polar surface area (TPSA) is 64.4 Å². The lowest BCUT2D eigenvalue weighted by molar-refractivity contribution is 0.0992. The maximum absolute atomic E-state index is 12.2. The number of ether oxygens (including phenoxy) is 1. The Labute approximate surface area is 157 Å². The predicted molar refractivity (Wildman–Crippen MR) is 101 cm³/mol. The molecule has 0 aliphatic rings. The highest BCUT2D eigenvalue weighted by Crippen LogP contribution is 2.20. The Morgan fingerprint density at radius 3 is 2.88 bits per heavy atom. The van der Waals surface area contributed by atoms with Gasteiger partial charge in [0, 0.05) is 4.47 Å². The lowest BCUT2D eigenvalue weighted by Gasteiger charge is -2.05. The summed E-state index contributed by atoms with van der Waals surface area (Å²) in [6.45, 7) is 0.244. The molecular formula is C18H15BrN2O3S. The van der Waals surface area contributed by atoms with Crippen LogP contribution in [0.25, 0.3) is 0 Å². The van der Waals surface area contributed by atoms with Gasteiger partial charge >= 0.3 is 0 Å². The maximum Gasteiger partial charge on any atom is 0.291 e. The molecule has 2 heterocycles. The van der Waals surface area contributed by atoms with Crippen molar-refractivity contribution >= 4 is 39.3 Å². The standard InChI is InChI=1S/C18H15BrN2O3S/c1-25-17-8-5-13(10-20-17)21-18(22)16-7-6-15(24-16)11-23-14-4-2-3-12(19)9-14/h2-10H,11H2,1H3,(H,21,22). The van der Waals surface area contributed by atoms with Gasteiger partial charge in [0.1, 0.15) is 18.1 Å². The van der Waals surface area contributed by atoms with Crippen LogP contribution in [0.15, 0.2) is 68.6 Å². The molecule has 0 unspecified atom stereocenters. The molecule has 0 saturated heterocycles. The van der Waals surface area contributed by atoms with Gasteiger partial charge in [-0.25, -0.2) is 4.98 Å². The molecule has 3 aromatic rings. The van der Waals surface area contributed by atoms with Crippen LogP contribution in [0.3, 0.4) is 0 Å². The number of aromatic nitrogens is 1. The summed E-state index contributed by atoms with van der Waals surface area (Å²) >= 11 is 4.93. The van der Waals surface area contributed by atoms with Gasteiger partial charge in [0.05, 0.1) is 16.9 Å². The fourth-order valence-electron chi connectivity index (χ4n) is 2.06. The van der Waals surface area contributed by atoms with Crippen molar-refractivity contribution in [1.29, 1.82) is 0 Å². The average molecular weight is 419 g/mol. The monoisotopic (exact) mass is 418 g/mol. The minimum absolute atomic E-state index is 0.224. The van der Waals surface area contributed by atoms with Crippen molar-refractivity contribution < 1.29 is 13.9 Å². The van der Waals surface area contributed by atoms with Crippen molar-refractivity contribution in [3.63, 3.8) is 0 Å². The quantitative estimate of drug-likeness (QED) is 0.571. The molecule has 0 aliphatic carbocycles. The third-order valence-corrected chi connectivity index (χ3v) is 4.42. The Balaban J connectivity index is 1.59. The molecule has 3 rings (SSSR count). The van der Waals surface area contributed by atoms with E-state index >= 15 is 0 Å². The van der Waals surface area contributed by atoms with Gasteiger partial charge in [-0.2, -0.15) is 0 Å². The van der Waals surface area contributed by atoms with Gasteiger partial charge in [0.2, 0.25) is 0 Å². The van der Waals surface area contributed by atoms with Crippen molar-refractivity contribution in [1.82, 2.24) is 4.98 Å². The molecule has 5 nitrogen and oxygen atoms in total. The molecule has 128 valence electrons. The van der Waals surface area contributed by atoms with E-state index in [-0.39, 0.29) is 18.3 Å². The normalized spacial score (nSPS) is 10.5. The Kier molecular flexibility index (Phi) is 5.78. The van der Waals surface area contributed by atoms with Crippen LogP contribution in [-0.4, -0.2) is 17.1 Å². The number of nitrogens with zero attached hydrogens (tertiary/aromatic N) is 1. The molecule has 1 amide bonds. The fraction of sp³-hybridized carbons (Fsp3) is 0.111. The first kappa shape index (κ1) is 17.6. The highest BCUT2D eigenvalue weighted by Gasteiger charge is 2.12. The number of carbonyl (C=O) groups excluding carboxylic acids is 1. The van der Waals surface area contributed by atoms with Crippen LogP contribution in [0.4, 0.5) is 5.69 Å². The summed E-state index contributed by atoms with van der Waals surface area (Å²) in [5.41, 5.74) is 0.617. The number of pyridine rings is 1. The maximum atomic E-state index is 12.2. The Bertz CT molecular complexity index is 865. The first-order valence-corrected chi connectivity index (χ1v) is 9.44. The molecule has 7 heteroatoms. The van der Waals surface area contributed by atoms with E-state index in [1.54, 1.807) is 36.2 Å². The number of amides is 1. The van der Waals surface area contributed by atoms with Crippen LogP contribution in [0.2, 0.25) is 0 Å². The summed E-state index contributed by atoms with van der Waals surface area (Å²) in [5.74, 6) is 1.19. The number of hydrogen-bond donors (Lipinski definition) is 1. The fourth-order valence-corrected chi connectivity index (χ4v) is 2.80. The minimum Gasteiger partial charge on any atom is -0.486 e. The third-order valence-electron chi connectivity index (χ3n) is 3.27. The molecule has 0 bridgehead atoms. The van der Waals surface area contributed by atoms with E-state index in [2.05, 4.69) is 26.2 Å². The van der Waals surface area contributed by atoms with Crippen molar-refractivity contribution in [2.45, 2.75) is 11.6 Å². The zero-order chi connectivity index (χ0) is 17.6. The summed E-state index contributed by atoms with van der Waals surface area (Å²) in [7, 11) is 0. The number of hydrogen-bond acceptors (Lipinski definition) is 5. The van der Waals surface area contributed by atoms with E-state index in [0.29, 0.717) is 11.4 Å². The number of halogens is 1. The number of furan rings is 1. The zero-order valence-electron chi connectivity index (χ0n) is 13.4. The zero-order valence-corrected chi connectivity index (χ0v) is 15.8. The van der Waals surface area contributed by atoms with Crippen LogP contribution in [-0.2, 0) is 6.61 Å². The SMILES string of the molecule is CSc1ccc(NC(=O)c2ccc(COc3cccc(Br)c3)o2)cn1. The predicted octanol–water partition coefficient (Wildman–Crippen LogP) is 4.99. The van der Waals surface area contributed by atoms with Gasteiger partial charge in [0.25, 0.3) is 5.91 Å². The van der Waals surface area contributed by atoms with Crippen molar-refractivity contribution in [2.24, 2.45) is 0 Å². The first-order chi connectivity index (χ1) is 12.1. The Hall–Kier alpha value is -2.25. The van der Waals surface area contributed by atoms with Crippen molar-refractivity contribution in [3.05, 3.63) is 70.7 Å². The molecule has 2 aromatic heterocycles. The van der Waals surface area contributed by atoms with Crippen LogP contribution < -0.4 is 10.1 Å². The molecule has 25 heavy (non-hydrogen) atoms. The van der Waals surface area contributed by atoms with Gasteiger partial charge < -0.3 is 14.5 Å². The molecule has 1 aromatic carbocycles. The lowest BCUT2D eigenvalue weighted by Crippen LogP contribution is -2.11. The smallest absolute Gasteiger partial charge is 0.291 e. The first-order valence-electron chi connectivity index (χ1n) is 7.42. The molecular weight excluding hydrogens is 404 g/mol. The number of anilines is 1. The van der Waals surface area contributed by atoms with E-state index in [1.807, 2.05) is 36.6 Å². The van der Waals surface area contributed by atoms with Gasteiger partial charge in [-0.15, -0.1) is 11.8 Å². The molecule has 0 spiro atoms. The van der Waals surface area contributed by atoms with E-state index in [4.69, 9.17) is 9.15 Å². The number of rotatable bonds is 6. The lowest BCUT2D eigenvalue weighted by atomic mass is 10.3. The van der Waals surface area contributed by atoms with Crippen LogP contribution in [0.5, 0.6) is 5.75 Å². The summed E-state index contributed by atoms with van der Waals surface area (Å²) in [6.07, 6.45) is 3.56. The average Bonchev–Trinajstić information content (AvgIpc) is 3.10. The second-order valence-electron chi connectivity index (χ2n) is 5.06. The van der Waals surface area contributed by atoms with E-state index in [0.717, 1.165) is 15.2 Å². The summed E-state index contributed by atoms with van der Waals surface area (Å²) in [4.78, 5) is 16.4. The summed E-state index contributed by atoms with van der Waals surface area (Å²) < 4.78 is 12.1. The van der Waals surface area contributed by atoms with Gasteiger partial charge in [-0.1, -0.05) is 22.0 Å². The van der Waals surface area contributed by atoms with E-state index < -0.39 is 0 Å². The largest absolute Gasteiger partial charge is 0.486 e. The highest BCUT2D eigenvalue weighted by atomic mass is 79.9. The molecule has 1 N–H and O–H groups in total. The van der Waals surface area contributed by atoms with Crippen molar-refractivity contribution in [3.8, 4) is 5.75 Å². The summed E-state index contributed by atoms with van der Waals surface area (Å²) in [5, 5.41) is 3.64. The molecule has 0 saturated carbocycles. The third kappa shape index (κ3) is 4.87. The highest BCUT2D eigenvalue weighted by molar-refractivity contribution is 9.10. The molecule has 0 atom stereocenters. The number of nitrogens with one attached hydrogen (secondary N) is 1. The Morgan fingerprint density at radius 2 is 2.16 bits per heavy atom.